The van der Waals surface area contributed by atoms with Crippen LogP contribution in [-0.2, 0) is 14.8 Å². The van der Waals surface area contributed by atoms with E-state index in [1.165, 1.54) is 26.0 Å². The summed E-state index contributed by atoms with van der Waals surface area (Å²) in [7, 11) is -0.599. The lowest BCUT2D eigenvalue weighted by molar-refractivity contribution is -0.116. The fraction of sp³-hybridized carbons (Fsp3) is 0.316. The Morgan fingerprint density at radius 1 is 1.04 bits per heavy atom. The Morgan fingerprint density at radius 3 is 2.22 bits per heavy atom. The maximum atomic E-state index is 12.4. The molecule has 7 nitrogen and oxygen atoms in total. The lowest BCUT2D eigenvalue weighted by Gasteiger charge is -2.22. The fourth-order valence-corrected chi connectivity index (χ4v) is 3.57. The number of benzene rings is 2. The van der Waals surface area contributed by atoms with Crippen LogP contribution in [0, 0.1) is 6.92 Å². The second kappa shape index (κ2) is 8.88. The first-order valence-electron chi connectivity index (χ1n) is 8.35. The van der Waals surface area contributed by atoms with Crippen molar-refractivity contribution < 1.29 is 22.7 Å². The maximum absolute atomic E-state index is 12.4. The van der Waals surface area contributed by atoms with Crippen molar-refractivity contribution in [3.05, 3.63) is 48.0 Å². The molecule has 2 rings (SSSR count). The summed E-state index contributed by atoms with van der Waals surface area (Å²) in [6.07, 6.45) is 0. The third-order valence-electron chi connectivity index (χ3n) is 4.02. The summed E-state index contributed by atoms with van der Waals surface area (Å²) in [6, 6.07) is 11.7. The number of hydrogen-bond acceptors (Lipinski definition) is 5. The Kier molecular flexibility index (Phi) is 6.81. The van der Waals surface area contributed by atoms with Crippen molar-refractivity contribution in [1.82, 2.24) is 4.72 Å². The monoisotopic (exact) mass is 392 g/mol. The van der Waals surface area contributed by atoms with Gasteiger partial charge in [0.2, 0.25) is 15.9 Å². The van der Waals surface area contributed by atoms with Crippen LogP contribution in [0.3, 0.4) is 0 Å². The smallest absolute Gasteiger partial charge is 0.240 e. The largest absolute Gasteiger partial charge is 0.493 e. The number of anilines is 1. The molecule has 2 aromatic carbocycles. The van der Waals surface area contributed by atoms with Gasteiger partial charge < -0.3 is 14.4 Å². The Labute approximate surface area is 160 Å². The minimum absolute atomic E-state index is 0.0735. The van der Waals surface area contributed by atoms with Crippen molar-refractivity contribution >= 4 is 21.6 Å². The van der Waals surface area contributed by atoms with Gasteiger partial charge in [0, 0.05) is 31.8 Å². The van der Waals surface area contributed by atoms with E-state index in [0.29, 0.717) is 17.2 Å². The molecule has 1 amide bonds. The second-order valence-corrected chi connectivity index (χ2v) is 7.69. The van der Waals surface area contributed by atoms with Crippen molar-refractivity contribution in [3.63, 3.8) is 0 Å². The van der Waals surface area contributed by atoms with Crippen LogP contribution in [0.15, 0.2) is 47.4 Å². The third-order valence-corrected chi connectivity index (χ3v) is 5.49. The number of nitrogens with one attached hydrogen (secondary N) is 1. The summed E-state index contributed by atoms with van der Waals surface area (Å²) in [5, 5.41) is 0. The summed E-state index contributed by atoms with van der Waals surface area (Å²) in [4.78, 5) is 13.7. The Balaban J connectivity index is 2.11. The van der Waals surface area contributed by atoms with Crippen LogP contribution in [0.5, 0.6) is 11.5 Å². The molecule has 0 aliphatic heterocycles. The van der Waals surface area contributed by atoms with Gasteiger partial charge >= 0.3 is 0 Å². The van der Waals surface area contributed by atoms with E-state index >= 15 is 0 Å². The van der Waals surface area contributed by atoms with Crippen LogP contribution in [-0.4, -0.2) is 41.6 Å². The van der Waals surface area contributed by atoms with Crippen LogP contribution in [0.1, 0.15) is 12.5 Å². The minimum atomic E-state index is -3.64. The maximum Gasteiger partial charge on any atom is 0.240 e. The number of sulfonamides is 1. The molecule has 2 aromatic rings. The standard InChI is InChI=1S/C19H24N2O5S/c1-14-5-8-17(9-6-14)27(23,24)20-11-12-21(15(2)22)16-7-10-18(25-3)19(13-16)26-4/h5-10,13,20H,11-12H2,1-4H3. The summed E-state index contributed by atoms with van der Waals surface area (Å²) in [5.41, 5.74) is 1.57. The number of nitrogens with zero attached hydrogens (tertiary/aromatic N) is 1. The summed E-state index contributed by atoms with van der Waals surface area (Å²) >= 11 is 0. The average Bonchev–Trinajstić information content (AvgIpc) is 2.64. The zero-order valence-electron chi connectivity index (χ0n) is 15.9. The number of carbonyl (C=O) groups excluding carboxylic acids is 1. The van der Waals surface area contributed by atoms with Gasteiger partial charge in [0.1, 0.15) is 0 Å². The Bertz CT molecular complexity index is 895. The first-order chi connectivity index (χ1) is 12.8. The predicted molar refractivity (Wildman–Crippen MR) is 104 cm³/mol. The predicted octanol–water partition coefficient (Wildman–Crippen LogP) is 2.34. The molecule has 0 saturated heterocycles. The molecule has 0 radical (unpaired) electrons. The molecule has 0 saturated carbocycles. The van der Waals surface area contributed by atoms with Crippen LogP contribution in [0.25, 0.3) is 0 Å². The van der Waals surface area contributed by atoms with Gasteiger partial charge in [-0.15, -0.1) is 0 Å². The number of rotatable bonds is 8. The van der Waals surface area contributed by atoms with E-state index in [-0.39, 0.29) is 23.9 Å². The topological polar surface area (TPSA) is 84.9 Å². The molecule has 0 aromatic heterocycles. The highest BCUT2D eigenvalue weighted by Crippen LogP contribution is 2.31. The molecule has 146 valence electrons. The molecule has 0 aliphatic rings. The zero-order valence-corrected chi connectivity index (χ0v) is 16.7. The summed E-state index contributed by atoms with van der Waals surface area (Å²) in [5.74, 6) is 0.822. The number of ether oxygens (including phenoxy) is 2. The molecule has 0 heterocycles. The van der Waals surface area contributed by atoms with Gasteiger partial charge in [-0.05, 0) is 31.2 Å². The quantitative estimate of drug-likeness (QED) is 0.745. The van der Waals surface area contributed by atoms with Gasteiger partial charge in [0.25, 0.3) is 0 Å². The first kappa shape index (κ1) is 20.7. The number of methoxy groups -OCH3 is 2. The normalized spacial score (nSPS) is 11.1. The van der Waals surface area contributed by atoms with E-state index in [0.717, 1.165) is 5.56 Å². The molecule has 0 spiro atoms. The van der Waals surface area contributed by atoms with Gasteiger partial charge in [-0.1, -0.05) is 17.7 Å². The lowest BCUT2D eigenvalue weighted by atomic mass is 10.2. The van der Waals surface area contributed by atoms with Crippen molar-refractivity contribution in [1.29, 1.82) is 0 Å². The van der Waals surface area contributed by atoms with Gasteiger partial charge in [-0.25, -0.2) is 13.1 Å². The molecule has 8 heteroatoms. The fourth-order valence-electron chi connectivity index (χ4n) is 2.55. The molecule has 0 aliphatic carbocycles. The first-order valence-corrected chi connectivity index (χ1v) is 9.83. The van der Waals surface area contributed by atoms with Crippen LogP contribution < -0.4 is 19.1 Å². The SMILES string of the molecule is COc1ccc(N(CCNS(=O)(=O)c2ccc(C)cc2)C(C)=O)cc1OC. The van der Waals surface area contributed by atoms with Gasteiger partial charge in [-0.2, -0.15) is 0 Å². The summed E-state index contributed by atoms with van der Waals surface area (Å²) in [6.45, 7) is 3.56. The van der Waals surface area contributed by atoms with Gasteiger partial charge in [0.15, 0.2) is 11.5 Å². The average molecular weight is 392 g/mol. The highest BCUT2D eigenvalue weighted by Gasteiger charge is 2.17. The molecule has 0 fully saturated rings. The van der Waals surface area contributed by atoms with Crippen molar-refractivity contribution in [2.75, 3.05) is 32.2 Å². The van der Waals surface area contributed by atoms with E-state index in [1.807, 2.05) is 6.92 Å². The van der Waals surface area contributed by atoms with Crippen molar-refractivity contribution in [2.45, 2.75) is 18.7 Å². The minimum Gasteiger partial charge on any atom is -0.493 e. The Hall–Kier alpha value is -2.58. The van der Waals surface area contributed by atoms with Gasteiger partial charge in [-0.3, -0.25) is 4.79 Å². The Morgan fingerprint density at radius 2 is 1.67 bits per heavy atom. The highest BCUT2D eigenvalue weighted by atomic mass is 32.2. The number of carbonyl (C=O) groups is 1. The third kappa shape index (κ3) is 5.21. The second-order valence-electron chi connectivity index (χ2n) is 5.92. The van der Waals surface area contributed by atoms with Crippen LogP contribution in [0.4, 0.5) is 5.69 Å². The van der Waals surface area contributed by atoms with E-state index in [9.17, 15) is 13.2 Å². The van der Waals surface area contributed by atoms with Crippen LogP contribution >= 0.6 is 0 Å². The molecule has 0 atom stereocenters. The van der Waals surface area contributed by atoms with E-state index in [4.69, 9.17) is 9.47 Å². The van der Waals surface area contributed by atoms with Crippen molar-refractivity contribution in [2.24, 2.45) is 0 Å². The number of aryl methyl sites for hydroxylation is 1. The molecule has 0 bridgehead atoms. The van der Waals surface area contributed by atoms with E-state index in [2.05, 4.69) is 4.72 Å². The molecular weight excluding hydrogens is 368 g/mol. The zero-order chi connectivity index (χ0) is 20.0. The van der Waals surface area contributed by atoms with E-state index < -0.39 is 10.0 Å². The van der Waals surface area contributed by atoms with Crippen molar-refractivity contribution in [3.8, 4) is 11.5 Å². The van der Waals surface area contributed by atoms with E-state index in [1.54, 1.807) is 42.5 Å². The van der Waals surface area contributed by atoms with Crippen LogP contribution in [0.2, 0.25) is 0 Å². The number of hydrogen-bond donors (Lipinski definition) is 1. The number of amides is 1. The molecule has 1 N–H and O–H groups in total. The molecule has 0 unspecified atom stereocenters. The van der Waals surface area contributed by atoms with Gasteiger partial charge in [0.05, 0.1) is 19.1 Å². The summed E-state index contributed by atoms with van der Waals surface area (Å²) < 4.78 is 37.7. The highest BCUT2D eigenvalue weighted by molar-refractivity contribution is 7.89. The molecular formula is C19H24N2O5S. The molecule has 27 heavy (non-hydrogen) atoms. The lowest BCUT2D eigenvalue weighted by Crippen LogP contribution is -2.37.